The molecule has 0 amide bonds. The van der Waals surface area contributed by atoms with Crippen molar-refractivity contribution >= 4 is 33.0 Å². The van der Waals surface area contributed by atoms with Gasteiger partial charge in [0.2, 0.25) is 0 Å². The molecule has 6 heteroatoms. The fourth-order valence-electron chi connectivity index (χ4n) is 2.21. The number of halogens is 1. The molecule has 0 radical (unpaired) electrons. The van der Waals surface area contributed by atoms with Crippen LogP contribution in [0, 0.1) is 12.3 Å². The first-order chi connectivity index (χ1) is 8.76. The van der Waals surface area contributed by atoms with E-state index in [9.17, 15) is 8.42 Å². The molecular formula is C13H20ClNO2S2. The van der Waals surface area contributed by atoms with E-state index in [2.05, 4.69) is 13.8 Å². The van der Waals surface area contributed by atoms with Gasteiger partial charge in [0.15, 0.2) is 0 Å². The Hall–Kier alpha value is -0.100. The largest absolute Gasteiger partial charge is 0.252 e. The Kier molecular flexibility index (Phi) is 4.31. The zero-order valence-corrected chi connectivity index (χ0v) is 14.0. The molecule has 2 rings (SSSR count). The van der Waals surface area contributed by atoms with Crippen LogP contribution in [0.25, 0.3) is 0 Å². The van der Waals surface area contributed by atoms with Crippen LogP contribution in [0.15, 0.2) is 10.3 Å². The van der Waals surface area contributed by atoms with Crippen LogP contribution in [0.2, 0.25) is 0 Å². The number of rotatable bonds is 3. The van der Waals surface area contributed by atoms with Gasteiger partial charge < -0.3 is 0 Å². The van der Waals surface area contributed by atoms with Crippen molar-refractivity contribution in [2.75, 3.05) is 13.1 Å². The molecule has 2 heterocycles. The van der Waals surface area contributed by atoms with E-state index >= 15 is 0 Å². The van der Waals surface area contributed by atoms with E-state index in [1.165, 1.54) is 11.3 Å². The summed E-state index contributed by atoms with van der Waals surface area (Å²) < 4.78 is 27.2. The summed E-state index contributed by atoms with van der Waals surface area (Å²) in [4.78, 5) is 0.942. The van der Waals surface area contributed by atoms with Gasteiger partial charge in [0.1, 0.15) is 4.21 Å². The molecule has 0 unspecified atom stereocenters. The normalized spacial score (nSPS) is 20.6. The smallest absolute Gasteiger partial charge is 0.206 e. The van der Waals surface area contributed by atoms with Crippen molar-refractivity contribution in [3.63, 3.8) is 0 Å². The zero-order valence-electron chi connectivity index (χ0n) is 11.6. The van der Waals surface area contributed by atoms with Crippen LogP contribution in [-0.4, -0.2) is 25.8 Å². The van der Waals surface area contributed by atoms with E-state index < -0.39 is 10.0 Å². The molecule has 19 heavy (non-hydrogen) atoms. The lowest BCUT2D eigenvalue weighted by Gasteiger charge is -2.35. The quantitative estimate of drug-likeness (QED) is 0.798. The molecule has 0 aromatic carbocycles. The number of alkyl halides is 1. The van der Waals surface area contributed by atoms with Gasteiger partial charge in [0, 0.05) is 18.0 Å². The highest BCUT2D eigenvalue weighted by Crippen LogP contribution is 2.35. The van der Waals surface area contributed by atoms with E-state index in [4.69, 9.17) is 11.6 Å². The number of aryl methyl sites for hydroxylation is 1. The third kappa shape index (κ3) is 3.15. The maximum atomic E-state index is 12.6. The second-order valence-corrected chi connectivity index (χ2v) is 9.44. The van der Waals surface area contributed by atoms with E-state index in [0.717, 1.165) is 23.3 Å². The lowest BCUT2D eigenvalue weighted by Crippen LogP contribution is -2.40. The van der Waals surface area contributed by atoms with Crippen molar-refractivity contribution in [3.8, 4) is 0 Å². The van der Waals surface area contributed by atoms with Gasteiger partial charge >= 0.3 is 0 Å². The molecule has 1 saturated heterocycles. The van der Waals surface area contributed by atoms with Crippen molar-refractivity contribution in [1.82, 2.24) is 4.31 Å². The summed E-state index contributed by atoms with van der Waals surface area (Å²) in [5.74, 6) is 0.374. The Morgan fingerprint density at radius 2 is 1.95 bits per heavy atom. The number of thiophene rings is 1. The van der Waals surface area contributed by atoms with E-state index in [-0.39, 0.29) is 5.41 Å². The molecule has 3 nitrogen and oxygen atoms in total. The second-order valence-electron chi connectivity index (χ2n) is 5.87. The lowest BCUT2D eigenvalue weighted by atomic mass is 9.83. The topological polar surface area (TPSA) is 37.4 Å². The first-order valence-corrected chi connectivity index (χ1v) is 9.21. The van der Waals surface area contributed by atoms with E-state index in [0.29, 0.717) is 23.2 Å². The Morgan fingerprint density at radius 3 is 2.42 bits per heavy atom. The molecule has 0 atom stereocenters. The lowest BCUT2D eigenvalue weighted by molar-refractivity contribution is 0.196. The van der Waals surface area contributed by atoms with Crippen LogP contribution in [0.4, 0.5) is 0 Å². The summed E-state index contributed by atoms with van der Waals surface area (Å²) in [7, 11) is -3.33. The van der Waals surface area contributed by atoms with Gasteiger partial charge in [-0.15, -0.1) is 22.9 Å². The van der Waals surface area contributed by atoms with Gasteiger partial charge in [0.05, 0.1) is 5.88 Å². The molecule has 108 valence electrons. The highest BCUT2D eigenvalue weighted by molar-refractivity contribution is 7.91. The molecule has 1 aliphatic heterocycles. The number of nitrogens with zero attached hydrogens (tertiary/aromatic N) is 1. The van der Waals surface area contributed by atoms with Crippen molar-refractivity contribution < 1.29 is 8.42 Å². The first kappa shape index (κ1) is 15.3. The summed E-state index contributed by atoms with van der Waals surface area (Å²) in [5.41, 5.74) is 1.22. The molecule has 0 spiro atoms. The summed E-state index contributed by atoms with van der Waals surface area (Å²) >= 11 is 7.12. The molecule has 0 saturated carbocycles. The molecule has 0 aliphatic carbocycles. The number of hydrogen-bond acceptors (Lipinski definition) is 3. The van der Waals surface area contributed by atoms with Gasteiger partial charge in [-0.3, -0.25) is 0 Å². The molecule has 0 N–H and O–H groups in total. The molecular weight excluding hydrogens is 302 g/mol. The highest BCUT2D eigenvalue weighted by atomic mass is 35.5. The SMILES string of the molecule is Cc1cc(S(=O)(=O)N2CCC(C)(C)CC2)sc1CCl. The first-order valence-electron chi connectivity index (χ1n) is 6.42. The summed E-state index contributed by atoms with van der Waals surface area (Å²) in [5, 5.41) is 0. The molecule has 1 aromatic rings. The second kappa shape index (κ2) is 5.35. The standard InChI is InChI=1S/C13H20ClNO2S2/c1-10-8-12(18-11(10)9-14)19(16,17)15-6-4-13(2,3)5-7-15/h8H,4-7,9H2,1-3H3. The van der Waals surface area contributed by atoms with Gasteiger partial charge in [-0.1, -0.05) is 13.8 Å². The third-order valence-corrected chi connectivity index (χ3v) is 7.80. The number of sulfonamides is 1. The highest BCUT2D eigenvalue weighted by Gasteiger charge is 2.33. The predicted octanol–water partition coefficient (Wildman–Crippen LogP) is 3.61. The van der Waals surface area contributed by atoms with E-state index in [1.807, 2.05) is 6.92 Å². The average Bonchev–Trinajstić information content (AvgIpc) is 2.70. The number of hydrogen-bond donors (Lipinski definition) is 0. The molecule has 0 bridgehead atoms. The monoisotopic (exact) mass is 321 g/mol. The van der Waals surface area contributed by atoms with Gasteiger partial charge in [-0.05, 0) is 36.8 Å². The van der Waals surface area contributed by atoms with Crippen LogP contribution in [-0.2, 0) is 15.9 Å². The minimum absolute atomic E-state index is 0.249. The van der Waals surface area contributed by atoms with Crippen molar-refractivity contribution in [3.05, 3.63) is 16.5 Å². The molecule has 1 aliphatic rings. The maximum absolute atomic E-state index is 12.6. The molecule has 1 aromatic heterocycles. The fourth-order valence-corrected chi connectivity index (χ4v) is 5.62. The minimum Gasteiger partial charge on any atom is -0.206 e. The van der Waals surface area contributed by atoms with E-state index in [1.54, 1.807) is 10.4 Å². The fraction of sp³-hybridized carbons (Fsp3) is 0.692. The summed E-state index contributed by atoms with van der Waals surface area (Å²) in [6, 6.07) is 1.75. The van der Waals surface area contributed by atoms with Crippen molar-refractivity contribution in [2.24, 2.45) is 5.41 Å². The van der Waals surface area contributed by atoms with Gasteiger partial charge in [-0.25, -0.2) is 8.42 Å². The minimum atomic E-state index is -3.33. The summed E-state index contributed by atoms with van der Waals surface area (Å²) in [6.07, 6.45) is 1.83. The third-order valence-electron chi connectivity index (χ3n) is 3.79. The van der Waals surface area contributed by atoms with Crippen LogP contribution in [0.1, 0.15) is 37.1 Å². The Labute approximate surface area is 124 Å². The average molecular weight is 322 g/mol. The predicted molar refractivity (Wildman–Crippen MR) is 80.4 cm³/mol. The maximum Gasteiger partial charge on any atom is 0.252 e. The van der Waals surface area contributed by atoms with Gasteiger partial charge in [-0.2, -0.15) is 4.31 Å². The van der Waals surface area contributed by atoms with Gasteiger partial charge in [0.25, 0.3) is 10.0 Å². The van der Waals surface area contributed by atoms with Crippen LogP contribution in [0.5, 0.6) is 0 Å². The number of piperidine rings is 1. The van der Waals surface area contributed by atoms with Crippen LogP contribution >= 0.6 is 22.9 Å². The zero-order chi connectivity index (χ0) is 14.3. The van der Waals surface area contributed by atoms with Crippen LogP contribution < -0.4 is 0 Å². The Bertz CT molecular complexity index is 553. The van der Waals surface area contributed by atoms with Crippen molar-refractivity contribution in [1.29, 1.82) is 0 Å². The Morgan fingerprint density at radius 1 is 1.37 bits per heavy atom. The van der Waals surface area contributed by atoms with Crippen molar-refractivity contribution in [2.45, 2.75) is 43.7 Å². The molecule has 1 fully saturated rings. The van der Waals surface area contributed by atoms with Crippen LogP contribution in [0.3, 0.4) is 0 Å². The summed E-state index contributed by atoms with van der Waals surface area (Å²) in [6.45, 7) is 7.52. The Balaban J connectivity index is 2.23.